The van der Waals surface area contributed by atoms with Crippen LogP contribution in [-0.2, 0) is 13.5 Å². The van der Waals surface area contributed by atoms with Gasteiger partial charge in [-0.1, -0.05) is 0 Å². The molecule has 0 unspecified atom stereocenters. The molecule has 0 aliphatic carbocycles. The molecule has 3 heterocycles. The van der Waals surface area contributed by atoms with Gasteiger partial charge in [0.25, 0.3) is 0 Å². The summed E-state index contributed by atoms with van der Waals surface area (Å²) in [6.07, 6.45) is 6.28. The molecule has 2 aromatic rings. The average Bonchev–Trinajstić information content (AvgIpc) is 2.81. The van der Waals surface area contributed by atoms with Crippen LogP contribution in [0.4, 0.5) is 13.2 Å². The number of benzene rings is 1. The minimum Gasteiger partial charge on any atom is -0.350 e. The van der Waals surface area contributed by atoms with Gasteiger partial charge in [-0.25, -0.2) is 13.2 Å². The van der Waals surface area contributed by atoms with Crippen LogP contribution in [0.25, 0.3) is 11.3 Å². The fourth-order valence-corrected chi connectivity index (χ4v) is 3.96. The number of hydrogen-bond donors (Lipinski definition) is 1. The van der Waals surface area contributed by atoms with E-state index in [-0.39, 0.29) is 0 Å². The van der Waals surface area contributed by atoms with Gasteiger partial charge in [-0.05, 0) is 48.9 Å². The lowest BCUT2D eigenvalue weighted by molar-refractivity contribution is 0.303. The van der Waals surface area contributed by atoms with Crippen molar-refractivity contribution < 1.29 is 13.2 Å². The van der Waals surface area contributed by atoms with E-state index in [9.17, 15) is 13.2 Å². The summed E-state index contributed by atoms with van der Waals surface area (Å²) in [7, 11) is 1.87. The van der Waals surface area contributed by atoms with Gasteiger partial charge in [0, 0.05) is 30.9 Å². The van der Waals surface area contributed by atoms with Crippen LogP contribution in [0.2, 0.25) is 0 Å². The quantitative estimate of drug-likeness (QED) is 0.792. The van der Waals surface area contributed by atoms with Gasteiger partial charge in [0.05, 0.1) is 5.69 Å². The van der Waals surface area contributed by atoms with Gasteiger partial charge < -0.3 is 9.88 Å². The number of aromatic nitrogens is 1. The molecule has 1 aromatic carbocycles. The van der Waals surface area contributed by atoms with Gasteiger partial charge in [-0.2, -0.15) is 0 Å². The lowest BCUT2D eigenvalue weighted by Gasteiger charge is -2.36. The molecule has 0 spiro atoms. The van der Waals surface area contributed by atoms with Gasteiger partial charge in [0.1, 0.15) is 0 Å². The van der Waals surface area contributed by atoms with Crippen molar-refractivity contribution in [3.05, 3.63) is 46.9 Å². The van der Waals surface area contributed by atoms with Gasteiger partial charge in [-0.15, -0.1) is 0 Å². The zero-order valence-electron chi connectivity index (χ0n) is 12.3. The number of fused-ring (bicyclic) bond motifs is 4. The van der Waals surface area contributed by atoms with Crippen LogP contribution in [0, 0.1) is 17.5 Å². The van der Waals surface area contributed by atoms with E-state index in [1.54, 1.807) is 0 Å². The summed E-state index contributed by atoms with van der Waals surface area (Å²) in [5.41, 5.74) is 3.55. The highest BCUT2D eigenvalue weighted by molar-refractivity contribution is 5.67. The molecule has 2 atom stereocenters. The molecule has 116 valence electrons. The van der Waals surface area contributed by atoms with E-state index < -0.39 is 17.5 Å². The average molecular weight is 306 g/mol. The van der Waals surface area contributed by atoms with Gasteiger partial charge >= 0.3 is 0 Å². The topological polar surface area (TPSA) is 17.0 Å². The number of nitrogens with one attached hydrogen (secondary N) is 1. The Morgan fingerprint density at radius 3 is 2.59 bits per heavy atom. The fraction of sp³-hybridized carbons (Fsp3) is 0.412. The van der Waals surface area contributed by atoms with Gasteiger partial charge in [0.15, 0.2) is 17.5 Å². The predicted molar refractivity (Wildman–Crippen MR) is 77.9 cm³/mol. The standard InChI is InChI=1S/C17H17F3N2/c1-22-8-12-11(7-10-3-2-4-15(12)21-10)17(22)9-5-13(18)16(20)14(19)6-9/h5-6,8,10,15,21H,2-4,7H2,1H3/t10-,15+/m1/s1. The Hall–Kier alpha value is -1.75. The molecule has 2 bridgehead atoms. The van der Waals surface area contributed by atoms with Gasteiger partial charge in [-0.3, -0.25) is 0 Å². The van der Waals surface area contributed by atoms with Crippen molar-refractivity contribution in [1.29, 1.82) is 0 Å². The lowest BCUT2D eigenvalue weighted by atomic mass is 9.82. The van der Waals surface area contributed by atoms with Crippen LogP contribution in [0.3, 0.4) is 0 Å². The van der Waals surface area contributed by atoms with E-state index >= 15 is 0 Å². The first-order valence-corrected chi connectivity index (χ1v) is 7.63. The van der Waals surface area contributed by atoms with E-state index in [1.165, 1.54) is 12.0 Å². The van der Waals surface area contributed by atoms with Crippen LogP contribution in [0.1, 0.15) is 36.4 Å². The molecule has 1 N–H and O–H groups in total. The predicted octanol–water partition coefficient (Wildman–Crippen LogP) is 3.85. The Kier molecular flexibility index (Phi) is 3.08. The Morgan fingerprint density at radius 2 is 1.86 bits per heavy atom. The number of aryl methyl sites for hydroxylation is 1. The largest absolute Gasteiger partial charge is 0.350 e. The van der Waals surface area contributed by atoms with Crippen molar-refractivity contribution in [3.8, 4) is 11.3 Å². The molecular formula is C17H17F3N2. The smallest absolute Gasteiger partial charge is 0.194 e. The Balaban J connectivity index is 1.89. The second-order valence-electron chi connectivity index (χ2n) is 6.33. The van der Waals surface area contributed by atoms with Crippen molar-refractivity contribution in [3.63, 3.8) is 0 Å². The number of rotatable bonds is 1. The molecule has 0 saturated carbocycles. The van der Waals surface area contributed by atoms with Crippen molar-refractivity contribution in [2.24, 2.45) is 7.05 Å². The highest BCUT2D eigenvalue weighted by atomic mass is 19.2. The number of hydrogen-bond acceptors (Lipinski definition) is 1. The summed E-state index contributed by atoms with van der Waals surface area (Å²) < 4.78 is 42.3. The second-order valence-corrected chi connectivity index (χ2v) is 6.33. The summed E-state index contributed by atoms with van der Waals surface area (Å²) >= 11 is 0. The third-order valence-corrected chi connectivity index (χ3v) is 4.89. The maximum absolute atomic E-state index is 13.6. The molecule has 5 heteroatoms. The fourth-order valence-electron chi connectivity index (χ4n) is 3.96. The molecule has 2 nitrogen and oxygen atoms in total. The molecule has 0 amide bonds. The molecule has 2 aliphatic rings. The Labute approximate surface area is 126 Å². The summed E-state index contributed by atoms with van der Waals surface area (Å²) in [5.74, 6) is -3.69. The normalized spacial score (nSPS) is 23.5. The molecule has 1 fully saturated rings. The van der Waals surface area contributed by atoms with Crippen LogP contribution in [-0.4, -0.2) is 10.6 Å². The summed E-state index contributed by atoms with van der Waals surface area (Å²) in [6, 6.07) is 2.91. The maximum Gasteiger partial charge on any atom is 0.194 e. The third-order valence-electron chi connectivity index (χ3n) is 4.89. The summed E-state index contributed by atoms with van der Waals surface area (Å²) in [4.78, 5) is 0. The van der Waals surface area contributed by atoms with Crippen molar-refractivity contribution >= 4 is 0 Å². The van der Waals surface area contributed by atoms with E-state index in [4.69, 9.17) is 0 Å². The molecule has 2 aliphatic heterocycles. The molecular weight excluding hydrogens is 289 g/mol. The van der Waals surface area contributed by atoms with Crippen LogP contribution in [0.15, 0.2) is 18.3 Å². The minimum absolute atomic E-state index is 0.317. The monoisotopic (exact) mass is 306 g/mol. The second kappa shape index (κ2) is 4.88. The molecule has 4 rings (SSSR count). The van der Waals surface area contributed by atoms with Crippen LogP contribution in [0.5, 0.6) is 0 Å². The van der Waals surface area contributed by atoms with E-state index in [1.807, 2.05) is 17.8 Å². The molecule has 22 heavy (non-hydrogen) atoms. The Morgan fingerprint density at radius 1 is 1.14 bits per heavy atom. The molecule has 1 saturated heterocycles. The highest BCUT2D eigenvalue weighted by Gasteiger charge is 2.33. The first kappa shape index (κ1) is 13.9. The maximum atomic E-state index is 13.6. The molecule has 1 aromatic heterocycles. The van der Waals surface area contributed by atoms with Crippen LogP contribution < -0.4 is 5.32 Å². The van der Waals surface area contributed by atoms with Crippen molar-refractivity contribution in [2.75, 3.05) is 0 Å². The van der Waals surface area contributed by atoms with Gasteiger partial charge in [0.2, 0.25) is 0 Å². The number of nitrogens with zero attached hydrogens (tertiary/aromatic N) is 1. The van der Waals surface area contributed by atoms with E-state index in [0.29, 0.717) is 17.6 Å². The first-order chi connectivity index (χ1) is 10.5. The zero-order chi connectivity index (χ0) is 15.4. The minimum atomic E-state index is -1.41. The number of halogens is 3. The van der Waals surface area contributed by atoms with E-state index in [0.717, 1.165) is 42.7 Å². The molecule has 0 radical (unpaired) electrons. The Bertz CT molecular complexity index is 728. The van der Waals surface area contributed by atoms with Crippen molar-refractivity contribution in [1.82, 2.24) is 9.88 Å². The first-order valence-electron chi connectivity index (χ1n) is 7.63. The zero-order valence-corrected chi connectivity index (χ0v) is 12.3. The SMILES string of the molecule is Cn1cc2c(c1-c1cc(F)c(F)c(F)c1)C[C@H]1CCC[C@@H]2N1. The van der Waals surface area contributed by atoms with Crippen molar-refractivity contribution in [2.45, 2.75) is 37.8 Å². The third kappa shape index (κ3) is 1.99. The lowest BCUT2D eigenvalue weighted by Crippen LogP contribution is -2.42. The number of piperidine rings is 1. The summed E-state index contributed by atoms with van der Waals surface area (Å²) in [5, 5.41) is 3.61. The summed E-state index contributed by atoms with van der Waals surface area (Å²) in [6.45, 7) is 0. The van der Waals surface area contributed by atoms with Crippen LogP contribution >= 0.6 is 0 Å². The van der Waals surface area contributed by atoms with E-state index in [2.05, 4.69) is 5.32 Å². The highest BCUT2D eigenvalue weighted by Crippen LogP contribution is 2.40.